The number of nitrogen functional groups attached to an aromatic ring is 1. The fraction of sp³-hybridized carbons (Fsp3) is 0.167. The summed E-state index contributed by atoms with van der Waals surface area (Å²) >= 11 is 0. The molecule has 2 aromatic heterocycles. The van der Waals surface area contributed by atoms with Crippen LogP contribution in [0.2, 0.25) is 0 Å². The third-order valence-electron chi connectivity index (χ3n) is 2.57. The Balaban J connectivity index is 2.61. The summed E-state index contributed by atoms with van der Waals surface area (Å²) in [5, 5.41) is 0. The molecule has 0 aliphatic rings. The van der Waals surface area contributed by atoms with E-state index in [1.807, 2.05) is 0 Å². The highest BCUT2D eigenvalue weighted by molar-refractivity contribution is 5.67. The Morgan fingerprint density at radius 3 is 2.42 bits per heavy atom. The zero-order valence-electron chi connectivity index (χ0n) is 9.79. The summed E-state index contributed by atoms with van der Waals surface area (Å²) in [7, 11) is 0. The van der Waals surface area contributed by atoms with E-state index >= 15 is 0 Å². The average molecular weight is 271 g/mol. The van der Waals surface area contributed by atoms with E-state index < -0.39 is 17.7 Å². The largest absolute Gasteiger partial charge is 0.417 e. The van der Waals surface area contributed by atoms with Crippen LogP contribution in [0.3, 0.4) is 0 Å². The molecule has 0 aliphatic carbocycles. The zero-order valence-corrected chi connectivity index (χ0v) is 9.79. The van der Waals surface area contributed by atoms with Crippen molar-refractivity contribution in [3.8, 4) is 11.1 Å². The van der Waals surface area contributed by atoms with Crippen LogP contribution in [0.1, 0.15) is 11.3 Å². The van der Waals surface area contributed by atoms with Crippen LogP contribution in [0, 0.1) is 12.9 Å². The normalized spacial score (nSPS) is 11.6. The summed E-state index contributed by atoms with van der Waals surface area (Å²) < 4.78 is 51.5. The van der Waals surface area contributed by atoms with Gasteiger partial charge < -0.3 is 5.73 Å². The molecule has 0 aromatic carbocycles. The SMILES string of the molecule is Cc1ncc(C(F)(F)F)cc1-c1ccc(N)nc1F. The van der Waals surface area contributed by atoms with Crippen LogP contribution in [0.15, 0.2) is 24.4 Å². The van der Waals surface area contributed by atoms with Gasteiger partial charge in [-0.25, -0.2) is 4.98 Å². The van der Waals surface area contributed by atoms with Crippen LogP contribution < -0.4 is 5.73 Å². The van der Waals surface area contributed by atoms with E-state index in [-0.39, 0.29) is 22.6 Å². The van der Waals surface area contributed by atoms with Gasteiger partial charge in [-0.2, -0.15) is 17.6 Å². The Hall–Kier alpha value is -2.18. The lowest BCUT2D eigenvalue weighted by molar-refractivity contribution is -0.137. The van der Waals surface area contributed by atoms with Crippen LogP contribution in [0.4, 0.5) is 23.4 Å². The molecule has 0 fully saturated rings. The van der Waals surface area contributed by atoms with Crippen molar-refractivity contribution in [3.05, 3.63) is 41.6 Å². The van der Waals surface area contributed by atoms with Gasteiger partial charge in [0.25, 0.3) is 0 Å². The molecule has 0 atom stereocenters. The molecule has 0 amide bonds. The maximum absolute atomic E-state index is 13.6. The maximum Gasteiger partial charge on any atom is 0.417 e. The molecule has 0 aliphatic heterocycles. The van der Waals surface area contributed by atoms with Crippen molar-refractivity contribution < 1.29 is 17.6 Å². The molecule has 7 heteroatoms. The number of nitrogens with two attached hydrogens (primary N) is 1. The number of anilines is 1. The minimum absolute atomic E-state index is 0.0415. The zero-order chi connectivity index (χ0) is 14.2. The second-order valence-corrected chi connectivity index (χ2v) is 3.93. The highest BCUT2D eigenvalue weighted by Crippen LogP contribution is 2.33. The van der Waals surface area contributed by atoms with Crippen molar-refractivity contribution in [1.82, 2.24) is 9.97 Å². The summed E-state index contributed by atoms with van der Waals surface area (Å²) in [6, 6.07) is 3.44. The molecule has 0 unspecified atom stereocenters. The van der Waals surface area contributed by atoms with Gasteiger partial charge in [0.15, 0.2) is 0 Å². The van der Waals surface area contributed by atoms with Crippen LogP contribution in [0.5, 0.6) is 0 Å². The van der Waals surface area contributed by atoms with E-state index in [0.29, 0.717) is 6.20 Å². The van der Waals surface area contributed by atoms with Crippen molar-refractivity contribution in [2.75, 3.05) is 5.73 Å². The first-order valence-electron chi connectivity index (χ1n) is 5.25. The van der Waals surface area contributed by atoms with Crippen molar-refractivity contribution in [2.45, 2.75) is 13.1 Å². The Morgan fingerprint density at radius 2 is 1.84 bits per heavy atom. The van der Waals surface area contributed by atoms with Gasteiger partial charge in [-0.15, -0.1) is 0 Å². The Kier molecular flexibility index (Phi) is 3.13. The first-order valence-corrected chi connectivity index (χ1v) is 5.25. The third kappa shape index (κ3) is 2.64. The number of nitrogens with zero attached hydrogens (tertiary/aromatic N) is 2. The predicted octanol–water partition coefficient (Wildman–Crippen LogP) is 3.19. The van der Waals surface area contributed by atoms with Crippen molar-refractivity contribution in [2.24, 2.45) is 0 Å². The van der Waals surface area contributed by atoms with Crippen molar-refractivity contribution in [1.29, 1.82) is 0 Å². The first kappa shape index (κ1) is 13.3. The molecule has 0 saturated heterocycles. The van der Waals surface area contributed by atoms with Gasteiger partial charge in [0.2, 0.25) is 5.95 Å². The lowest BCUT2D eigenvalue weighted by Gasteiger charge is -2.11. The van der Waals surface area contributed by atoms with Crippen LogP contribution in [0.25, 0.3) is 11.1 Å². The van der Waals surface area contributed by atoms with Gasteiger partial charge in [0.1, 0.15) is 5.82 Å². The smallest absolute Gasteiger partial charge is 0.384 e. The van der Waals surface area contributed by atoms with Crippen molar-refractivity contribution >= 4 is 5.82 Å². The van der Waals surface area contributed by atoms with E-state index in [9.17, 15) is 17.6 Å². The molecular formula is C12H9F4N3. The number of halogens is 4. The number of aryl methyl sites for hydroxylation is 1. The summed E-state index contributed by atoms with van der Waals surface area (Å²) in [5.41, 5.74) is 4.61. The molecule has 0 radical (unpaired) electrons. The molecule has 2 N–H and O–H groups in total. The summed E-state index contributed by atoms with van der Waals surface area (Å²) in [6.07, 6.45) is -3.82. The minimum atomic E-state index is -4.53. The van der Waals surface area contributed by atoms with Gasteiger partial charge >= 0.3 is 6.18 Å². The lowest BCUT2D eigenvalue weighted by atomic mass is 10.0. The monoisotopic (exact) mass is 271 g/mol. The Bertz CT molecular complexity index is 623. The Morgan fingerprint density at radius 1 is 1.16 bits per heavy atom. The molecule has 3 nitrogen and oxygen atoms in total. The number of alkyl halides is 3. The molecule has 2 aromatic rings. The molecule has 2 rings (SSSR count). The van der Waals surface area contributed by atoms with Crippen LogP contribution >= 0.6 is 0 Å². The number of hydrogen-bond donors (Lipinski definition) is 1. The predicted molar refractivity (Wildman–Crippen MR) is 61.6 cm³/mol. The topological polar surface area (TPSA) is 51.8 Å². The number of hydrogen-bond acceptors (Lipinski definition) is 3. The molecule has 2 heterocycles. The van der Waals surface area contributed by atoms with Gasteiger partial charge in [-0.05, 0) is 25.1 Å². The molecule has 0 saturated carbocycles. The molecule has 0 bridgehead atoms. The quantitative estimate of drug-likeness (QED) is 0.640. The molecule has 100 valence electrons. The second kappa shape index (κ2) is 4.49. The van der Waals surface area contributed by atoms with Crippen LogP contribution in [-0.2, 0) is 6.18 Å². The molecule has 19 heavy (non-hydrogen) atoms. The molecule has 0 spiro atoms. The van der Waals surface area contributed by atoms with E-state index in [4.69, 9.17) is 5.73 Å². The fourth-order valence-electron chi connectivity index (χ4n) is 1.61. The van der Waals surface area contributed by atoms with E-state index in [2.05, 4.69) is 9.97 Å². The standard InChI is InChI=1S/C12H9F4N3/c1-6-9(4-7(5-18-6)12(14,15)16)8-2-3-10(17)19-11(8)13/h2-5H,1H3,(H2,17,19). The second-order valence-electron chi connectivity index (χ2n) is 3.93. The van der Waals surface area contributed by atoms with E-state index in [1.54, 1.807) is 0 Å². The number of pyridine rings is 2. The fourth-order valence-corrected chi connectivity index (χ4v) is 1.61. The highest BCUT2D eigenvalue weighted by atomic mass is 19.4. The lowest BCUT2D eigenvalue weighted by Crippen LogP contribution is -2.07. The van der Waals surface area contributed by atoms with E-state index in [1.165, 1.54) is 19.1 Å². The van der Waals surface area contributed by atoms with Gasteiger partial charge in [0.05, 0.1) is 5.56 Å². The van der Waals surface area contributed by atoms with E-state index in [0.717, 1.165) is 6.07 Å². The number of rotatable bonds is 1. The van der Waals surface area contributed by atoms with Crippen LogP contribution in [-0.4, -0.2) is 9.97 Å². The summed E-state index contributed by atoms with van der Waals surface area (Å²) in [5.74, 6) is -0.969. The van der Waals surface area contributed by atoms with Gasteiger partial charge in [0, 0.05) is 23.0 Å². The molecular weight excluding hydrogens is 262 g/mol. The third-order valence-corrected chi connectivity index (χ3v) is 2.57. The van der Waals surface area contributed by atoms with Gasteiger partial charge in [-0.1, -0.05) is 0 Å². The Labute approximate surface area is 106 Å². The minimum Gasteiger partial charge on any atom is -0.384 e. The number of aromatic nitrogens is 2. The first-order chi connectivity index (χ1) is 8.79. The summed E-state index contributed by atoms with van der Waals surface area (Å²) in [4.78, 5) is 7.02. The maximum atomic E-state index is 13.6. The van der Waals surface area contributed by atoms with Crippen molar-refractivity contribution in [3.63, 3.8) is 0 Å². The average Bonchev–Trinajstić information content (AvgIpc) is 2.29. The summed E-state index contributed by atoms with van der Waals surface area (Å²) in [6.45, 7) is 1.49. The highest BCUT2D eigenvalue weighted by Gasteiger charge is 2.31. The van der Waals surface area contributed by atoms with Gasteiger partial charge in [-0.3, -0.25) is 4.98 Å².